The van der Waals surface area contributed by atoms with Crippen molar-refractivity contribution in [3.63, 3.8) is 0 Å². The number of benzene rings is 1. The minimum absolute atomic E-state index is 0.238. The zero-order chi connectivity index (χ0) is 13.0. The number of nitrogens with one attached hydrogen (secondary N) is 2. The molecule has 18 heavy (non-hydrogen) atoms. The van der Waals surface area contributed by atoms with Crippen molar-refractivity contribution in [2.24, 2.45) is 0 Å². The minimum atomic E-state index is -0.238. The molecule has 6 heteroatoms. The van der Waals surface area contributed by atoms with E-state index in [2.05, 4.69) is 20.5 Å². The Labute approximate surface area is 109 Å². The molecule has 1 aromatic heterocycles. The summed E-state index contributed by atoms with van der Waals surface area (Å²) in [6.07, 6.45) is 0. The summed E-state index contributed by atoms with van der Waals surface area (Å²) in [6.45, 7) is 5.32. The van der Waals surface area contributed by atoms with E-state index in [1.54, 1.807) is 6.07 Å². The first-order valence-corrected chi connectivity index (χ1v) is 6.57. The van der Waals surface area contributed by atoms with E-state index in [0.717, 1.165) is 17.9 Å². The van der Waals surface area contributed by atoms with Gasteiger partial charge < -0.3 is 5.32 Å². The lowest BCUT2D eigenvalue weighted by atomic mass is 10.2. The second kappa shape index (κ2) is 5.97. The molecular formula is C12H15FN4S. The van der Waals surface area contributed by atoms with Crippen molar-refractivity contribution >= 4 is 11.8 Å². The highest BCUT2D eigenvalue weighted by molar-refractivity contribution is 7.99. The molecule has 0 amide bonds. The molecule has 0 unspecified atom stereocenters. The van der Waals surface area contributed by atoms with E-state index >= 15 is 0 Å². The molecular weight excluding hydrogens is 251 g/mol. The zero-order valence-electron chi connectivity index (χ0n) is 10.3. The van der Waals surface area contributed by atoms with Crippen LogP contribution in [-0.4, -0.2) is 21.7 Å². The van der Waals surface area contributed by atoms with Gasteiger partial charge in [0.25, 0.3) is 0 Å². The van der Waals surface area contributed by atoms with Gasteiger partial charge >= 0.3 is 0 Å². The minimum Gasteiger partial charge on any atom is -0.313 e. The molecule has 0 bridgehead atoms. The summed E-state index contributed by atoms with van der Waals surface area (Å²) in [5.41, 5.74) is 0.921. The van der Waals surface area contributed by atoms with Crippen molar-refractivity contribution in [3.05, 3.63) is 35.4 Å². The molecule has 0 spiro atoms. The Bertz CT molecular complexity index is 527. The number of nitrogens with zero attached hydrogens (tertiary/aromatic N) is 2. The van der Waals surface area contributed by atoms with Gasteiger partial charge in [-0.15, -0.1) is 5.10 Å². The predicted octanol–water partition coefficient (Wildman–Crippen LogP) is 2.51. The van der Waals surface area contributed by atoms with E-state index in [1.165, 1.54) is 17.8 Å². The Morgan fingerprint density at radius 2 is 2.28 bits per heavy atom. The van der Waals surface area contributed by atoms with Gasteiger partial charge in [-0.1, -0.05) is 19.1 Å². The van der Waals surface area contributed by atoms with Crippen LogP contribution < -0.4 is 5.32 Å². The Balaban J connectivity index is 2.24. The summed E-state index contributed by atoms with van der Waals surface area (Å²) >= 11 is 1.24. The van der Waals surface area contributed by atoms with Gasteiger partial charge in [0.2, 0.25) is 5.16 Å². The number of aryl methyl sites for hydroxylation is 1. The Morgan fingerprint density at radius 3 is 2.94 bits per heavy atom. The van der Waals surface area contributed by atoms with Gasteiger partial charge in [0.05, 0.1) is 4.90 Å². The van der Waals surface area contributed by atoms with Crippen LogP contribution in [0.4, 0.5) is 4.39 Å². The summed E-state index contributed by atoms with van der Waals surface area (Å²) in [5.74, 6) is 0.486. The fraction of sp³-hybridized carbons (Fsp3) is 0.333. The van der Waals surface area contributed by atoms with Crippen LogP contribution in [0.5, 0.6) is 0 Å². The molecule has 1 aromatic carbocycles. The molecule has 96 valence electrons. The van der Waals surface area contributed by atoms with Crippen LogP contribution in [0.1, 0.15) is 18.3 Å². The number of rotatable bonds is 5. The number of H-pyrrole nitrogens is 1. The standard InChI is InChI=1S/C12H15FN4S/c1-3-14-7-9-5-4-6-10(13)11(9)18-12-15-8(2)16-17-12/h4-6,14H,3,7H2,1-2H3,(H,15,16,17). The highest BCUT2D eigenvalue weighted by Gasteiger charge is 2.12. The number of hydrogen-bond donors (Lipinski definition) is 2. The fourth-order valence-electron chi connectivity index (χ4n) is 1.53. The van der Waals surface area contributed by atoms with Crippen molar-refractivity contribution in [2.75, 3.05) is 6.54 Å². The van der Waals surface area contributed by atoms with Crippen LogP contribution in [0, 0.1) is 12.7 Å². The summed E-state index contributed by atoms with van der Waals surface area (Å²) in [5, 5.41) is 10.5. The molecule has 0 aliphatic rings. The smallest absolute Gasteiger partial charge is 0.213 e. The summed E-state index contributed by atoms with van der Waals surface area (Å²) in [6, 6.07) is 5.08. The van der Waals surface area contributed by atoms with E-state index in [-0.39, 0.29) is 5.82 Å². The van der Waals surface area contributed by atoms with Crippen LogP contribution in [0.25, 0.3) is 0 Å². The van der Waals surface area contributed by atoms with Crippen LogP contribution >= 0.6 is 11.8 Å². The maximum Gasteiger partial charge on any atom is 0.213 e. The van der Waals surface area contributed by atoms with Gasteiger partial charge in [0, 0.05) is 6.54 Å². The van der Waals surface area contributed by atoms with Gasteiger partial charge in [-0.2, -0.15) is 0 Å². The zero-order valence-corrected chi connectivity index (χ0v) is 11.1. The monoisotopic (exact) mass is 266 g/mol. The van der Waals surface area contributed by atoms with Crippen LogP contribution in [0.15, 0.2) is 28.3 Å². The Hall–Kier alpha value is -1.40. The second-order valence-corrected chi connectivity index (χ2v) is 4.79. The topological polar surface area (TPSA) is 53.6 Å². The van der Waals surface area contributed by atoms with Gasteiger partial charge in [-0.25, -0.2) is 9.37 Å². The molecule has 0 radical (unpaired) electrons. The quantitative estimate of drug-likeness (QED) is 0.873. The summed E-state index contributed by atoms with van der Waals surface area (Å²) < 4.78 is 13.9. The summed E-state index contributed by atoms with van der Waals surface area (Å²) in [7, 11) is 0. The van der Waals surface area contributed by atoms with Crippen LogP contribution in [0.3, 0.4) is 0 Å². The van der Waals surface area contributed by atoms with Crippen LogP contribution in [0.2, 0.25) is 0 Å². The lowest BCUT2D eigenvalue weighted by molar-refractivity contribution is 0.591. The van der Waals surface area contributed by atoms with Crippen molar-refractivity contribution in [1.29, 1.82) is 0 Å². The third kappa shape index (κ3) is 3.08. The number of aromatic amines is 1. The molecule has 0 saturated heterocycles. The molecule has 2 aromatic rings. The molecule has 2 N–H and O–H groups in total. The first-order valence-electron chi connectivity index (χ1n) is 5.75. The number of aromatic nitrogens is 3. The largest absolute Gasteiger partial charge is 0.313 e. The van der Waals surface area contributed by atoms with Crippen molar-refractivity contribution in [1.82, 2.24) is 20.5 Å². The van der Waals surface area contributed by atoms with Crippen LogP contribution in [-0.2, 0) is 6.54 Å². The SMILES string of the molecule is CCNCc1cccc(F)c1Sc1n[nH]c(C)n1. The highest BCUT2D eigenvalue weighted by atomic mass is 32.2. The second-order valence-electron chi connectivity index (χ2n) is 3.81. The van der Waals surface area contributed by atoms with E-state index in [0.29, 0.717) is 16.6 Å². The fourth-order valence-corrected chi connectivity index (χ4v) is 2.42. The van der Waals surface area contributed by atoms with Gasteiger partial charge in [0.1, 0.15) is 11.6 Å². The normalized spacial score (nSPS) is 10.8. The lowest BCUT2D eigenvalue weighted by Gasteiger charge is -2.08. The van der Waals surface area contributed by atoms with E-state index in [1.807, 2.05) is 19.9 Å². The molecule has 0 saturated carbocycles. The Kier molecular flexibility index (Phi) is 4.33. The summed E-state index contributed by atoms with van der Waals surface area (Å²) in [4.78, 5) is 4.76. The first kappa shape index (κ1) is 13.0. The molecule has 0 aliphatic heterocycles. The first-order chi connectivity index (χ1) is 8.70. The molecule has 0 atom stereocenters. The van der Waals surface area contributed by atoms with E-state index in [9.17, 15) is 4.39 Å². The average molecular weight is 266 g/mol. The third-order valence-electron chi connectivity index (χ3n) is 2.38. The molecule has 2 rings (SSSR count). The maximum atomic E-state index is 13.9. The Morgan fingerprint density at radius 1 is 1.44 bits per heavy atom. The third-order valence-corrected chi connectivity index (χ3v) is 3.41. The van der Waals surface area contributed by atoms with Gasteiger partial charge in [0.15, 0.2) is 0 Å². The molecule has 4 nitrogen and oxygen atoms in total. The lowest BCUT2D eigenvalue weighted by Crippen LogP contribution is -2.12. The van der Waals surface area contributed by atoms with Crippen molar-refractivity contribution < 1.29 is 4.39 Å². The van der Waals surface area contributed by atoms with Crippen molar-refractivity contribution in [3.8, 4) is 0 Å². The molecule has 0 fully saturated rings. The number of hydrogen-bond acceptors (Lipinski definition) is 4. The molecule has 0 aliphatic carbocycles. The van der Waals surface area contributed by atoms with E-state index < -0.39 is 0 Å². The van der Waals surface area contributed by atoms with E-state index in [4.69, 9.17) is 0 Å². The maximum absolute atomic E-state index is 13.9. The molecule has 1 heterocycles. The highest BCUT2D eigenvalue weighted by Crippen LogP contribution is 2.30. The average Bonchev–Trinajstić information content (AvgIpc) is 2.76. The van der Waals surface area contributed by atoms with Crippen molar-refractivity contribution in [2.45, 2.75) is 30.4 Å². The van der Waals surface area contributed by atoms with Gasteiger partial charge in [-0.05, 0) is 36.9 Å². The number of halogens is 1. The van der Waals surface area contributed by atoms with Gasteiger partial charge in [-0.3, -0.25) is 5.10 Å². The predicted molar refractivity (Wildman–Crippen MR) is 69.0 cm³/mol.